The minimum Gasteiger partial charge on any atom is -0.226 e. The fourth-order valence-corrected chi connectivity index (χ4v) is 1.83. The van der Waals surface area contributed by atoms with Crippen molar-refractivity contribution in [3.8, 4) is 0 Å². The molecule has 13 heavy (non-hydrogen) atoms. The van der Waals surface area contributed by atoms with E-state index < -0.39 is 28.1 Å². The second-order valence-electron chi connectivity index (χ2n) is 1.99. The minimum absolute atomic E-state index is 0.464. The Hall–Kier alpha value is -0.0500. The third kappa shape index (κ3) is 3.67. The average molecular weight is 323 g/mol. The van der Waals surface area contributed by atoms with Crippen LogP contribution in [0.15, 0.2) is 17.2 Å². The third-order valence-corrected chi connectivity index (χ3v) is 2.33. The van der Waals surface area contributed by atoms with Crippen molar-refractivity contribution in [2.45, 2.75) is 10.4 Å². The van der Waals surface area contributed by atoms with E-state index in [4.69, 9.17) is 0 Å². The van der Waals surface area contributed by atoms with Crippen LogP contribution in [-0.4, -0.2) is 10.5 Å². The summed E-state index contributed by atoms with van der Waals surface area (Å²) in [6.45, 7) is 0. The number of pyridine rings is 1. The largest absolute Gasteiger partial charge is 0.446 e. The van der Waals surface area contributed by atoms with Crippen LogP contribution in [0.4, 0.5) is 17.6 Å². The van der Waals surface area contributed by atoms with Crippen molar-refractivity contribution in [2.24, 2.45) is 0 Å². The maximum absolute atomic E-state index is 12.7. The van der Waals surface area contributed by atoms with Crippen LogP contribution in [0.25, 0.3) is 0 Å². The molecule has 0 saturated carbocycles. The van der Waals surface area contributed by atoms with Crippen molar-refractivity contribution < 1.29 is 17.6 Å². The van der Waals surface area contributed by atoms with Crippen LogP contribution in [0.5, 0.6) is 0 Å². The number of alkyl halides is 3. The number of thioether (sulfide) groups is 1. The van der Waals surface area contributed by atoms with E-state index in [0.717, 1.165) is 12.3 Å². The van der Waals surface area contributed by atoms with Crippen molar-refractivity contribution in [3.05, 3.63) is 21.8 Å². The van der Waals surface area contributed by atoms with Crippen LogP contribution < -0.4 is 0 Å². The van der Waals surface area contributed by atoms with Gasteiger partial charge in [-0.1, -0.05) is 0 Å². The lowest BCUT2D eigenvalue weighted by molar-refractivity contribution is -0.0329. The molecule has 7 heteroatoms. The molecule has 1 nitrogen and oxygen atoms in total. The van der Waals surface area contributed by atoms with Gasteiger partial charge < -0.3 is 0 Å². The second-order valence-corrected chi connectivity index (χ2v) is 4.34. The van der Waals surface area contributed by atoms with Gasteiger partial charge in [0.1, 0.15) is 0 Å². The third-order valence-electron chi connectivity index (χ3n) is 0.999. The summed E-state index contributed by atoms with van der Waals surface area (Å²) >= 11 is 1.26. The number of hydrogen-bond donors (Lipinski definition) is 0. The Morgan fingerprint density at radius 3 is 2.54 bits per heavy atom. The predicted molar refractivity (Wildman–Crippen MR) is 48.8 cm³/mol. The van der Waals surface area contributed by atoms with Crippen molar-refractivity contribution in [1.82, 2.24) is 4.98 Å². The Bertz CT molecular complexity index is 314. The molecule has 0 saturated heterocycles. The summed E-state index contributed by atoms with van der Waals surface area (Å²) < 4.78 is 48.6. The quantitative estimate of drug-likeness (QED) is 0.340. The molecule has 0 spiro atoms. The summed E-state index contributed by atoms with van der Waals surface area (Å²) in [7, 11) is 0. The first-order valence-electron chi connectivity index (χ1n) is 2.95. The van der Waals surface area contributed by atoms with Gasteiger partial charge in [-0.25, -0.2) is 4.98 Å². The van der Waals surface area contributed by atoms with E-state index in [9.17, 15) is 17.6 Å². The number of halogens is 5. The first kappa shape index (κ1) is 11.0. The van der Waals surface area contributed by atoms with Crippen molar-refractivity contribution in [2.75, 3.05) is 0 Å². The number of rotatable bonds is 1. The van der Waals surface area contributed by atoms with Gasteiger partial charge in [-0.3, -0.25) is 0 Å². The molecule has 1 rings (SSSR count). The van der Waals surface area contributed by atoms with Gasteiger partial charge in [0.2, 0.25) is 5.95 Å². The lowest BCUT2D eigenvalue weighted by Gasteiger charge is -2.05. The van der Waals surface area contributed by atoms with Crippen LogP contribution >= 0.6 is 34.4 Å². The highest BCUT2D eigenvalue weighted by atomic mass is 127. The zero-order chi connectivity index (χ0) is 10.1. The van der Waals surface area contributed by atoms with Gasteiger partial charge in [0.25, 0.3) is 0 Å². The molecule has 72 valence electrons. The van der Waals surface area contributed by atoms with Crippen LogP contribution in [0.3, 0.4) is 0 Å². The van der Waals surface area contributed by atoms with E-state index in [1.54, 1.807) is 22.6 Å². The molecule has 1 aromatic heterocycles. The maximum Gasteiger partial charge on any atom is 0.446 e. The summed E-state index contributed by atoms with van der Waals surface area (Å²) in [5, 5.41) is 0. The van der Waals surface area contributed by atoms with E-state index in [-0.39, 0.29) is 0 Å². The molecule has 0 unspecified atom stereocenters. The molecule has 0 fully saturated rings. The van der Waals surface area contributed by atoms with Gasteiger partial charge in [-0.2, -0.15) is 17.6 Å². The zero-order valence-electron chi connectivity index (χ0n) is 5.90. The summed E-state index contributed by atoms with van der Waals surface area (Å²) in [6.07, 6.45) is 1.16. The van der Waals surface area contributed by atoms with E-state index in [1.165, 1.54) is 0 Å². The predicted octanol–water partition coefficient (Wildman–Crippen LogP) is 3.44. The van der Waals surface area contributed by atoms with E-state index in [2.05, 4.69) is 4.98 Å². The Kier molecular flexibility index (Phi) is 3.38. The second kappa shape index (κ2) is 3.99. The number of nitrogens with zero attached hydrogens (tertiary/aromatic N) is 1. The highest BCUT2D eigenvalue weighted by Gasteiger charge is 2.31. The van der Waals surface area contributed by atoms with Crippen LogP contribution in [0.1, 0.15) is 0 Å². The molecule has 0 aromatic carbocycles. The lowest BCUT2D eigenvalue weighted by atomic mass is 10.5. The van der Waals surface area contributed by atoms with E-state index in [0.29, 0.717) is 3.57 Å². The summed E-state index contributed by atoms with van der Waals surface area (Å²) in [5.41, 5.74) is -4.48. The average Bonchev–Trinajstić information content (AvgIpc) is 1.94. The molecule has 0 radical (unpaired) electrons. The van der Waals surface area contributed by atoms with Gasteiger partial charge in [0.15, 0.2) is 0 Å². The Morgan fingerprint density at radius 2 is 2.00 bits per heavy atom. The van der Waals surface area contributed by atoms with Gasteiger partial charge in [0, 0.05) is 9.77 Å². The van der Waals surface area contributed by atoms with Gasteiger partial charge >= 0.3 is 5.51 Å². The lowest BCUT2D eigenvalue weighted by Crippen LogP contribution is -2.01. The zero-order valence-corrected chi connectivity index (χ0v) is 8.87. The summed E-state index contributed by atoms with van der Waals surface area (Å²) in [4.78, 5) is 2.67. The van der Waals surface area contributed by atoms with Crippen LogP contribution in [0, 0.1) is 9.52 Å². The monoisotopic (exact) mass is 323 g/mol. The fourth-order valence-electron chi connectivity index (χ4n) is 0.600. The van der Waals surface area contributed by atoms with Gasteiger partial charge in [-0.05, 0) is 40.4 Å². The minimum atomic E-state index is -4.48. The molecule has 0 amide bonds. The molecule has 0 aliphatic carbocycles. The molecular formula is C6H2F4INS. The van der Waals surface area contributed by atoms with Gasteiger partial charge in [0.05, 0.1) is 4.90 Å². The maximum atomic E-state index is 12.7. The first-order valence-corrected chi connectivity index (χ1v) is 4.85. The first-order chi connectivity index (χ1) is 5.88. The molecule has 0 N–H and O–H groups in total. The topological polar surface area (TPSA) is 12.9 Å². The Morgan fingerprint density at radius 1 is 1.38 bits per heavy atom. The highest BCUT2D eigenvalue weighted by Crippen LogP contribution is 2.37. The summed E-state index contributed by atoms with van der Waals surface area (Å²) in [5.74, 6) is -1.09. The van der Waals surface area contributed by atoms with Crippen LogP contribution in [-0.2, 0) is 0 Å². The molecule has 1 aromatic rings. The number of hydrogen-bond acceptors (Lipinski definition) is 2. The van der Waals surface area contributed by atoms with Crippen molar-refractivity contribution in [1.29, 1.82) is 0 Å². The smallest absolute Gasteiger partial charge is 0.226 e. The van der Waals surface area contributed by atoms with Crippen LogP contribution in [0.2, 0.25) is 0 Å². The van der Waals surface area contributed by atoms with E-state index in [1.807, 2.05) is 0 Å². The Balaban J connectivity index is 2.94. The summed E-state index contributed by atoms with van der Waals surface area (Å²) in [6, 6.07) is 1.10. The standard InChI is InChI=1S/C6H2F4INS/c7-5-4(13-6(8,9)10)1-3(11)2-12-5/h1-2H. The SMILES string of the molecule is Fc1ncc(I)cc1SC(F)(F)F. The number of aromatic nitrogens is 1. The van der Waals surface area contributed by atoms with Crippen molar-refractivity contribution >= 4 is 34.4 Å². The normalized spacial score (nSPS) is 11.8. The van der Waals surface area contributed by atoms with Crippen molar-refractivity contribution in [3.63, 3.8) is 0 Å². The Labute approximate surface area is 89.1 Å². The van der Waals surface area contributed by atoms with E-state index >= 15 is 0 Å². The molecule has 0 aliphatic heterocycles. The molecule has 0 bridgehead atoms. The highest BCUT2D eigenvalue weighted by molar-refractivity contribution is 14.1. The fraction of sp³-hybridized carbons (Fsp3) is 0.167. The molecule has 1 heterocycles. The molecular weight excluding hydrogens is 321 g/mol. The van der Waals surface area contributed by atoms with Gasteiger partial charge in [-0.15, -0.1) is 0 Å². The molecule has 0 atom stereocenters. The molecule has 0 aliphatic rings.